The molecular weight excluding hydrogens is 422 g/mol. The van der Waals surface area contributed by atoms with Crippen LogP contribution in [0.4, 0.5) is 4.79 Å². The van der Waals surface area contributed by atoms with Crippen LogP contribution in [0.2, 0.25) is 0 Å². The molecule has 7 nitrogen and oxygen atoms in total. The van der Waals surface area contributed by atoms with Gasteiger partial charge in [-0.05, 0) is 46.5 Å². The van der Waals surface area contributed by atoms with Crippen LogP contribution < -0.4 is 4.74 Å². The van der Waals surface area contributed by atoms with Gasteiger partial charge in [0.05, 0.1) is 6.26 Å². The van der Waals surface area contributed by atoms with Crippen LogP contribution in [0.5, 0.6) is 11.5 Å². The van der Waals surface area contributed by atoms with Crippen LogP contribution in [0.15, 0.2) is 95.6 Å². The lowest BCUT2D eigenvalue weighted by Gasteiger charge is -2.22. The summed E-state index contributed by atoms with van der Waals surface area (Å²) >= 11 is 0. The van der Waals surface area contributed by atoms with Gasteiger partial charge in [-0.3, -0.25) is 4.79 Å². The Morgan fingerprint density at radius 2 is 1.48 bits per heavy atom. The lowest BCUT2D eigenvalue weighted by molar-refractivity contribution is 0.0697. The van der Waals surface area contributed by atoms with Gasteiger partial charge in [0.1, 0.15) is 0 Å². The average molecular weight is 443 g/mol. The van der Waals surface area contributed by atoms with E-state index in [1.165, 1.54) is 18.4 Å². The number of hydrogen-bond acceptors (Lipinski definition) is 5. The van der Waals surface area contributed by atoms with Crippen LogP contribution in [0.25, 0.3) is 11.1 Å². The van der Waals surface area contributed by atoms with Crippen molar-refractivity contribution >= 4 is 12.1 Å². The number of phenolic OH excluding ortho intramolecular Hbond substituents is 1. The summed E-state index contributed by atoms with van der Waals surface area (Å²) < 4.78 is 9.93. The van der Waals surface area contributed by atoms with Crippen molar-refractivity contribution in [3.63, 3.8) is 0 Å². The quantitative estimate of drug-likeness (QED) is 0.287. The van der Waals surface area contributed by atoms with Crippen LogP contribution in [-0.4, -0.2) is 27.2 Å². The number of phenols is 1. The van der Waals surface area contributed by atoms with E-state index in [4.69, 9.17) is 9.52 Å². The predicted octanol–water partition coefficient (Wildman–Crippen LogP) is 5.55. The number of amides is 1. The number of aromatic hydroxyl groups is 1. The molecule has 7 heteroatoms. The highest BCUT2D eigenvalue weighted by Gasteiger charge is 2.19. The SMILES string of the molecule is O=C(O)Oc1cc(-c2ccc(CN(Cc3ccccc3)C(=O)c3ccco3)cc2)ccc1O. The largest absolute Gasteiger partial charge is 0.511 e. The minimum absolute atomic E-state index is 0.137. The number of carboxylic acid groups (broad SMARTS) is 1. The normalized spacial score (nSPS) is 10.5. The zero-order valence-corrected chi connectivity index (χ0v) is 17.5. The Bertz CT molecular complexity index is 1230. The number of rotatable bonds is 7. The fourth-order valence-electron chi connectivity index (χ4n) is 3.45. The first-order valence-corrected chi connectivity index (χ1v) is 10.2. The molecule has 1 heterocycles. The molecule has 2 N–H and O–H groups in total. The molecule has 0 fully saturated rings. The van der Waals surface area contributed by atoms with Gasteiger partial charge in [-0.2, -0.15) is 0 Å². The summed E-state index contributed by atoms with van der Waals surface area (Å²) in [6.45, 7) is 0.799. The smallest absolute Gasteiger partial charge is 0.504 e. The third kappa shape index (κ3) is 5.40. The lowest BCUT2D eigenvalue weighted by Crippen LogP contribution is -2.29. The van der Waals surface area contributed by atoms with E-state index in [0.717, 1.165) is 16.7 Å². The van der Waals surface area contributed by atoms with Crippen molar-refractivity contribution < 1.29 is 29.0 Å². The fourth-order valence-corrected chi connectivity index (χ4v) is 3.45. The van der Waals surface area contributed by atoms with Crippen LogP contribution >= 0.6 is 0 Å². The lowest BCUT2D eigenvalue weighted by atomic mass is 10.0. The van der Waals surface area contributed by atoms with E-state index in [-0.39, 0.29) is 23.2 Å². The van der Waals surface area contributed by atoms with Gasteiger partial charge in [-0.1, -0.05) is 60.7 Å². The maximum Gasteiger partial charge on any atom is 0.511 e. The first kappa shape index (κ1) is 21.7. The number of carbonyl (C=O) groups excluding carboxylic acids is 1. The fraction of sp³-hybridized carbons (Fsp3) is 0.0769. The van der Waals surface area contributed by atoms with Gasteiger partial charge in [-0.15, -0.1) is 0 Å². The van der Waals surface area contributed by atoms with Crippen molar-refractivity contribution in [3.8, 4) is 22.6 Å². The molecule has 0 aliphatic heterocycles. The maximum absolute atomic E-state index is 13.0. The summed E-state index contributed by atoms with van der Waals surface area (Å²) in [5.41, 5.74) is 3.41. The molecule has 166 valence electrons. The van der Waals surface area contributed by atoms with Crippen molar-refractivity contribution in [2.75, 3.05) is 0 Å². The molecule has 0 radical (unpaired) electrons. The average Bonchev–Trinajstić information content (AvgIpc) is 3.36. The molecule has 0 bridgehead atoms. The van der Waals surface area contributed by atoms with E-state index in [2.05, 4.69) is 4.74 Å². The second-order valence-electron chi connectivity index (χ2n) is 7.37. The Kier molecular flexibility index (Phi) is 6.40. The molecule has 1 aromatic heterocycles. The molecule has 0 saturated heterocycles. The summed E-state index contributed by atoms with van der Waals surface area (Å²) in [5.74, 6) is -0.326. The third-order valence-corrected chi connectivity index (χ3v) is 5.05. The number of carbonyl (C=O) groups is 2. The van der Waals surface area contributed by atoms with Gasteiger partial charge in [0.2, 0.25) is 0 Å². The Morgan fingerprint density at radius 3 is 2.12 bits per heavy atom. The highest BCUT2D eigenvalue weighted by atomic mass is 16.7. The molecule has 0 spiro atoms. The monoisotopic (exact) mass is 443 g/mol. The molecular formula is C26H21NO6. The molecule has 0 unspecified atom stereocenters. The van der Waals surface area contributed by atoms with Gasteiger partial charge in [0.15, 0.2) is 17.3 Å². The highest BCUT2D eigenvalue weighted by molar-refractivity contribution is 5.91. The van der Waals surface area contributed by atoms with E-state index in [1.54, 1.807) is 23.1 Å². The van der Waals surface area contributed by atoms with Gasteiger partial charge >= 0.3 is 6.16 Å². The maximum atomic E-state index is 13.0. The van der Waals surface area contributed by atoms with E-state index >= 15 is 0 Å². The van der Waals surface area contributed by atoms with Gasteiger partial charge in [0, 0.05) is 13.1 Å². The highest BCUT2D eigenvalue weighted by Crippen LogP contribution is 2.32. The Hall–Kier alpha value is -4.52. The van der Waals surface area contributed by atoms with Gasteiger partial charge in [0.25, 0.3) is 5.91 Å². The molecule has 0 atom stereocenters. The standard InChI is InChI=1S/C26H21NO6/c28-22-13-12-21(15-24(22)33-26(30)31)20-10-8-19(9-11-20)17-27(16-18-5-2-1-3-6-18)25(29)23-7-4-14-32-23/h1-15,28H,16-17H2,(H,30,31). The number of hydrogen-bond donors (Lipinski definition) is 2. The van der Waals surface area contributed by atoms with Crippen LogP contribution in [0, 0.1) is 0 Å². The molecule has 0 aliphatic rings. The molecule has 1 amide bonds. The van der Waals surface area contributed by atoms with Crippen molar-refractivity contribution in [2.45, 2.75) is 13.1 Å². The van der Waals surface area contributed by atoms with Crippen molar-refractivity contribution in [1.82, 2.24) is 4.90 Å². The second kappa shape index (κ2) is 9.74. The van der Waals surface area contributed by atoms with Crippen molar-refractivity contribution in [2.24, 2.45) is 0 Å². The summed E-state index contributed by atoms with van der Waals surface area (Å²) in [7, 11) is 0. The third-order valence-electron chi connectivity index (χ3n) is 5.05. The second-order valence-corrected chi connectivity index (χ2v) is 7.37. The molecule has 4 rings (SSSR count). The van der Waals surface area contributed by atoms with E-state index in [0.29, 0.717) is 18.7 Å². The number of ether oxygens (including phenoxy) is 1. The number of furan rings is 1. The van der Waals surface area contributed by atoms with Gasteiger partial charge in [-0.25, -0.2) is 4.79 Å². The first-order chi connectivity index (χ1) is 16.0. The van der Waals surface area contributed by atoms with Crippen LogP contribution in [0.1, 0.15) is 21.7 Å². The summed E-state index contributed by atoms with van der Waals surface area (Å²) in [5, 5.41) is 18.6. The Morgan fingerprint density at radius 1 is 0.818 bits per heavy atom. The minimum atomic E-state index is -1.50. The topological polar surface area (TPSA) is 100 Å². The van der Waals surface area contributed by atoms with Gasteiger partial charge < -0.3 is 24.3 Å². The molecule has 3 aromatic carbocycles. The summed E-state index contributed by atoms with van der Waals surface area (Å²) in [6, 6.07) is 25.1. The van der Waals surface area contributed by atoms with E-state index in [1.807, 2.05) is 54.6 Å². The first-order valence-electron chi connectivity index (χ1n) is 10.2. The van der Waals surface area contributed by atoms with E-state index < -0.39 is 6.16 Å². The Balaban J connectivity index is 1.55. The molecule has 0 saturated carbocycles. The predicted molar refractivity (Wildman–Crippen MR) is 121 cm³/mol. The minimum Gasteiger partial charge on any atom is -0.504 e. The Labute approximate surface area is 190 Å². The zero-order valence-electron chi connectivity index (χ0n) is 17.5. The number of benzene rings is 3. The molecule has 4 aromatic rings. The van der Waals surface area contributed by atoms with Crippen LogP contribution in [-0.2, 0) is 13.1 Å². The number of nitrogens with zero attached hydrogens (tertiary/aromatic N) is 1. The van der Waals surface area contributed by atoms with Crippen molar-refractivity contribution in [3.05, 3.63) is 108 Å². The summed E-state index contributed by atoms with van der Waals surface area (Å²) in [4.78, 5) is 25.5. The van der Waals surface area contributed by atoms with Crippen molar-refractivity contribution in [1.29, 1.82) is 0 Å². The van der Waals surface area contributed by atoms with Crippen LogP contribution in [0.3, 0.4) is 0 Å². The molecule has 0 aliphatic carbocycles. The molecule has 33 heavy (non-hydrogen) atoms. The summed E-state index contributed by atoms with van der Waals surface area (Å²) in [6.07, 6.45) is -0.0274. The zero-order chi connectivity index (χ0) is 23.2. The van der Waals surface area contributed by atoms with E-state index in [9.17, 15) is 14.7 Å².